The van der Waals surface area contributed by atoms with E-state index < -0.39 is 0 Å². The average Bonchev–Trinajstić information content (AvgIpc) is 2.16. The zero-order valence-electron chi connectivity index (χ0n) is 11.6. The van der Waals surface area contributed by atoms with Gasteiger partial charge < -0.3 is 10.2 Å². The molecule has 1 atom stereocenters. The van der Waals surface area contributed by atoms with E-state index in [4.69, 9.17) is 0 Å². The van der Waals surface area contributed by atoms with Crippen molar-refractivity contribution in [3.8, 4) is 0 Å². The summed E-state index contributed by atoms with van der Waals surface area (Å²) in [4.78, 5) is 2.64. The minimum atomic E-state index is 0.626. The topological polar surface area (TPSA) is 15.3 Å². The molecule has 96 valence electrons. The van der Waals surface area contributed by atoms with Gasteiger partial charge in [-0.2, -0.15) is 0 Å². The third-order valence-corrected chi connectivity index (χ3v) is 3.33. The van der Waals surface area contributed by atoms with E-state index in [-0.39, 0.29) is 0 Å². The Hall–Kier alpha value is -0.0800. The van der Waals surface area contributed by atoms with Crippen LogP contribution >= 0.6 is 0 Å². The Balaban J connectivity index is 2.17. The fourth-order valence-corrected chi connectivity index (χ4v) is 2.59. The summed E-state index contributed by atoms with van der Waals surface area (Å²) < 4.78 is 0. The van der Waals surface area contributed by atoms with E-state index in [0.29, 0.717) is 6.04 Å². The van der Waals surface area contributed by atoms with Gasteiger partial charge in [0, 0.05) is 18.6 Å². The van der Waals surface area contributed by atoms with Crippen LogP contribution in [0.3, 0.4) is 0 Å². The van der Waals surface area contributed by atoms with Gasteiger partial charge in [-0.3, -0.25) is 0 Å². The molecule has 16 heavy (non-hydrogen) atoms. The Morgan fingerprint density at radius 1 is 1.25 bits per heavy atom. The summed E-state index contributed by atoms with van der Waals surface area (Å²) in [7, 11) is 0. The maximum absolute atomic E-state index is 3.67. The first-order valence-electron chi connectivity index (χ1n) is 7.06. The Morgan fingerprint density at radius 3 is 2.62 bits per heavy atom. The van der Waals surface area contributed by atoms with E-state index in [9.17, 15) is 0 Å². The molecule has 0 bridgehead atoms. The van der Waals surface area contributed by atoms with Crippen LogP contribution in [0.25, 0.3) is 0 Å². The number of hydrogen-bond acceptors (Lipinski definition) is 2. The van der Waals surface area contributed by atoms with Crippen molar-refractivity contribution in [1.82, 2.24) is 10.2 Å². The standard InChI is InChI=1S/C14H30N2/c1-12(2)7-5-9-16-10-6-8-14(11-16)15-13(3)4/h12-15H,5-11H2,1-4H3. The Bertz CT molecular complexity index is 178. The van der Waals surface area contributed by atoms with Gasteiger partial charge in [0.2, 0.25) is 0 Å². The lowest BCUT2D eigenvalue weighted by molar-refractivity contribution is 0.181. The van der Waals surface area contributed by atoms with Crippen LogP contribution in [0.5, 0.6) is 0 Å². The summed E-state index contributed by atoms with van der Waals surface area (Å²) in [5.41, 5.74) is 0. The normalized spacial score (nSPS) is 23.2. The molecule has 2 heteroatoms. The van der Waals surface area contributed by atoms with Crippen LogP contribution in [0.4, 0.5) is 0 Å². The molecule has 0 spiro atoms. The number of hydrogen-bond donors (Lipinski definition) is 1. The van der Waals surface area contributed by atoms with Gasteiger partial charge in [-0.25, -0.2) is 0 Å². The lowest BCUT2D eigenvalue weighted by Gasteiger charge is -2.34. The van der Waals surface area contributed by atoms with Crippen LogP contribution in [-0.4, -0.2) is 36.6 Å². The average molecular weight is 226 g/mol. The van der Waals surface area contributed by atoms with Crippen molar-refractivity contribution in [1.29, 1.82) is 0 Å². The van der Waals surface area contributed by atoms with Crippen LogP contribution in [0.2, 0.25) is 0 Å². The zero-order chi connectivity index (χ0) is 12.0. The predicted octanol–water partition coefficient (Wildman–Crippen LogP) is 2.89. The number of rotatable bonds is 6. The van der Waals surface area contributed by atoms with Crippen molar-refractivity contribution < 1.29 is 0 Å². The highest BCUT2D eigenvalue weighted by molar-refractivity contribution is 4.79. The van der Waals surface area contributed by atoms with Gasteiger partial charge in [-0.1, -0.05) is 27.7 Å². The fraction of sp³-hybridized carbons (Fsp3) is 1.00. The van der Waals surface area contributed by atoms with Gasteiger partial charge >= 0.3 is 0 Å². The molecule has 1 aliphatic rings. The number of piperidine rings is 1. The second-order valence-corrected chi connectivity index (χ2v) is 6.00. The lowest BCUT2D eigenvalue weighted by atomic mass is 10.0. The predicted molar refractivity (Wildman–Crippen MR) is 71.8 cm³/mol. The molecule has 1 heterocycles. The van der Waals surface area contributed by atoms with Crippen LogP contribution in [-0.2, 0) is 0 Å². The van der Waals surface area contributed by atoms with E-state index in [2.05, 4.69) is 37.9 Å². The second-order valence-electron chi connectivity index (χ2n) is 6.00. The van der Waals surface area contributed by atoms with Crippen LogP contribution in [0.1, 0.15) is 53.4 Å². The summed E-state index contributed by atoms with van der Waals surface area (Å²) in [6.07, 6.45) is 5.47. The molecule has 0 radical (unpaired) electrons. The summed E-state index contributed by atoms with van der Waals surface area (Å²) >= 11 is 0. The zero-order valence-corrected chi connectivity index (χ0v) is 11.6. The van der Waals surface area contributed by atoms with E-state index in [1.807, 2.05) is 0 Å². The van der Waals surface area contributed by atoms with Gasteiger partial charge in [0.1, 0.15) is 0 Å². The molecule has 0 aromatic rings. The number of nitrogens with one attached hydrogen (secondary N) is 1. The molecule has 1 unspecified atom stereocenters. The molecule has 0 amide bonds. The van der Waals surface area contributed by atoms with Crippen molar-refractivity contribution >= 4 is 0 Å². The minimum Gasteiger partial charge on any atom is -0.311 e. The van der Waals surface area contributed by atoms with Crippen molar-refractivity contribution in [2.45, 2.75) is 65.5 Å². The number of likely N-dealkylation sites (tertiary alicyclic amines) is 1. The molecule has 0 saturated carbocycles. The monoisotopic (exact) mass is 226 g/mol. The van der Waals surface area contributed by atoms with Crippen molar-refractivity contribution in [3.63, 3.8) is 0 Å². The maximum Gasteiger partial charge on any atom is 0.0197 e. The Kier molecular flexibility index (Phi) is 6.37. The molecular formula is C14H30N2. The summed E-state index contributed by atoms with van der Waals surface area (Å²) in [6.45, 7) is 13.0. The minimum absolute atomic E-state index is 0.626. The summed E-state index contributed by atoms with van der Waals surface area (Å²) in [5, 5.41) is 3.67. The molecule has 2 nitrogen and oxygen atoms in total. The molecule has 1 N–H and O–H groups in total. The molecule has 1 fully saturated rings. The highest BCUT2D eigenvalue weighted by Gasteiger charge is 2.19. The molecular weight excluding hydrogens is 196 g/mol. The first-order valence-corrected chi connectivity index (χ1v) is 7.06. The fourth-order valence-electron chi connectivity index (χ4n) is 2.59. The summed E-state index contributed by atoms with van der Waals surface area (Å²) in [6, 6.07) is 1.36. The van der Waals surface area contributed by atoms with E-state index in [1.54, 1.807) is 0 Å². The van der Waals surface area contributed by atoms with Crippen LogP contribution < -0.4 is 5.32 Å². The molecule has 0 aliphatic carbocycles. The van der Waals surface area contributed by atoms with Crippen LogP contribution in [0.15, 0.2) is 0 Å². The summed E-state index contributed by atoms with van der Waals surface area (Å²) in [5.74, 6) is 0.856. The van der Waals surface area contributed by atoms with E-state index in [1.165, 1.54) is 45.3 Å². The SMILES string of the molecule is CC(C)CCCN1CCCC(NC(C)C)C1. The third-order valence-electron chi connectivity index (χ3n) is 3.33. The molecule has 0 aromatic carbocycles. The van der Waals surface area contributed by atoms with Gasteiger partial charge in [0.25, 0.3) is 0 Å². The Morgan fingerprint density at radius 2 is 2.00 bits per heavy atom. The van der Waals surface area contributed by atoms with Gasteiger partial charge in [-0.05, 0) is 44.7 Å². The van der Waals surface area contributed by atoms with Crippen molar-refractivity contribution in [2.24, 2.45) is 5.92 Å². The third kappa shape index (κ3) is 5.86. The Labute approximate surface area is 102 Å². The largest absolute Gasteiger partial charge is 0.311 e. The molecule has 1 aliphatic heterocycles. The molecule has 1 rings (SSSR count). The first-order chi connectivity index (χ1) is 7.58. The molecule has 0 aromatic heterocycles. The first kappa shape index (κ1) is 14.0. The van der Waals surface area contributed by atoms with E-state index >= 15 is 0 Å². The lowest BCUT2D eigenvalue weighted by Crippen LogP contribution is -2.47. The van der Waals surface area contributed by atoms with Gasteiger partial charge in [0.05, 0.1) is 0 Å². The highest BCUT2D eigenvalue weighted by Crippen LogP contribution is 2.12. The second kappa shape index (κ2) is 7.29. The van der Waals surface area contributed by atoms with Gasteiger partial charge in [-0.15, -0.1) is 0 Å². The van der Waals surface area contributed by atoms with Gasteiger partial charge in [0.15, 0.2) is 0 Å². The quantitative estimate of drug-likeness (QED) is 0.749. The van der Waals surface area contributed by atoms with E-state index in [0.717, 1.165) is 12.0 Å². The highest BCUT2D eigenvalue weighted by atomic mass is 15.2. The molecule has 1 saturated heterocycles. The smallest absolute Gasteiger partial charge is 0.0197 e. The van der Waals surface area contributed by atoms with Crippen molar-refractivity contribution in [2.75, 3.05) is 19.6 Å². The number of nitrogens with zero attached hydrogens (tertiary/aromatic N) is 1. The van der Waals surface area contributed by atoms with Crippen molar-refractivity contribution in [3.05, 3.63) is 0 Å². The van der Waals surface area contributed by atoms with Crippen LogP contribution in [0, 0.1) is 5.92 Å². The maximum atomic E-state index is 3.67.